The fourth-order valence-electron chi connectivity index (χ4n) is 3.03. The van der Waals surface area contributed by atoms with Crippen molar-refractivity contribution in [3.8, 4) is 5.75 Å². The number of hydrogen-bond acceptors (Lipinski definition) is 3. The summed E-state index contributed by atoms with van der Waals surface area (Å²) in [4.78, 5) is 11.6. The van der Waals surface area contributed by atoms with Crippen molar-refractivity contribution >= 4 is 5.97 Å². The van der Waals surface area contributed by atoms with E-state index in [-0.39, 0.29) is 11.9 Å². The van der Waals surface area contributed by atoms with Gasteiger partial charge in [0.2, 0.25) is 0 Å². The maximum atomic E-state index is 11.6. The van der Waals surface area contributed by atoms with Crippen LogP contribution in [-0.4, -0.2) is 19.7 Å². The van der Waals surface area contributed by atoms with Gasteiger partial charge in [-0.25, -0.2) is 0 Å². The highest BCUT2D eigenvalue weighted by atomic mass is 16.5. The normalized spacial score (nSPS) is 21.5. The molecule has 1 aromatic rings. The molecule has 0 aliphatic heterocycles. The van der Waals surface area contributed by atoms with E-state index in [1.54, 1.807) is 0 Å². The summed E-state index contributed by atoms with van der Waals surface area (Å²) in [6, 6.07) is 8.33. The molecule has 0 saturated heterocycles. The van der Waals surface area contributed by atoms with Gasteiger partial charge < -0.3 is 9.47 Å². The molecule has 3 heteroatoms. The highest BCUT2D eigenvalue weighted by Crippen LogP contribution is 2.47. The minimum absolute atomic E-state index is 0.0517. The molecule has 1 aliphatic carbocycles. The van der Waals surface area contributed by atoms with Crippen molar-refractivity contribution in [1.29, 1.82) is 0 Å². The Labute approximate surface area is 134 Å². The SMILES string of the molecule is CCC(CC1CC1C(=O)OC)c1ccccc1OCC(C)C. The average Bonchev–Trinajstić information content (AvgIpc) is 3.29. The Morgan fingerprint density at radius 2 is 2.05 bits per heavy atom. The fraction of sp³-hybridized carbons (Fsp3) is 0.632. The topological polar surface area (TPSA) is 35.5 Å². The van der Waals surface area contributed by atoms with Crippen LogP contribution in [0.25, 0.3) is 0 Å². The van der Waals surface area contributed by atoms with Crippen LogP contribution in [0.4, 0.5) is 0 Å². The molecule has 0 radical (unpaired) electrons. The molecule has 1 saturated carbocycles. The Hall–Kier alpha value is -1.51. The first-order valence-corrected chi connectivity index (χ1v) is 8.36. The van der Waals surface area contributed by atoms with Crippen molar-refractivity contribution in [1.82, 2.24) is 0 Å². The average molecular weight is 304 g/mol. The van der Waals surface area contributed by atoms with E-state index in [0.717, 1.165) is 31.6 Å². The summed E-state index contributed by atoms with van der Waals surface area (Å²) >= 11 is 0. The van der Waals surface area contributed by atoms with Crippen LogP contribution in [0.5, 0.6) is 5.75 Å². The molecular weight excluding hydrogens is 276 g/mol. The lowest BCUT2D eigenvalue weighted by Crippen LogP contribution is -2.09. The standard InChI is InChI=1S/C19H28O3/c1-5-14(10-15-11-17(15)19(20)21-4)16-8-6-7-9-18(16)22-12-13(2)3/h6-9,13-15,17H,5,10-12H2,1-4H3. The third-order valence-corrected chi connectivity index (χ3v) is 4.44. The first-order chi connectivity index (χ1) is 10.6. The molecule has 0 N–H and O–H groups in total. The second kappa shape index (κ2) is 7.66. The molecule has 22 heavy (non-hydrogen) atoms. The van der Waals surface area contributed by atoms with Crippen LogP contribution in [0.3, 0.4) is 0 Å². The molecule has 2 rings (SSSR count). The van der Waals surface area contributed by atoms with E-state index in [4.69, 9.17) is 9.47 Å². The largest absolute Gasteiger partial charge is 0.493 e. The molecule has 0 heterocycles. The van der Waals surface area contributed by atoms with Gasteiger partial charge in [0.25, 0.3) is 0 Å². The van der Waals surface area contributed by atoms with Crippen LogP contribution >= 0.6 is 0 Å². The van der Waals surface area contributed by atoms with Gasteiger partial charge in [-0.3, -0.25) is 4.79 Å². The summed E-state index contributed by atoms with van der Waals surface area (Å²) in [6.45, 7) is 7.26. The summed E-state index contributed by atoms with van der Waals surface area (Å²) in [6.07, 6.45) is 3.07. The van der Waals surface area contributed by atoms with E-state index in [1.807, 2.05) is 6.07 Å². The third kappa shape index (κ3) is 4.25. The van der Waals surface area contributed by atoms with Gasteiger partial charge in [0, 0.05) is 0 Å². The number of methoxy groups -OCH3 is 1. The Balaban J connectivity index is 2.03. The zero-order chi connectivity index (χ0) is 16.1. The van der Waals surface area contributed by atoms with Gasteiger partial charge in [-0.15, -0.1) is 0 Å². The Morgan fingerprint density at radius 1 is 1.32 bits per heavy atom. The molecule has 1 aliphatic rings. The van der Waals surface area contributed by atoms with Gasteiger partial charge in [0.05, 0.1) is 19.6 Å². The second-order valence-electron chi connectivity index (χ2n) is 6.71. The van der Waals surface area contributed by atoms with Crippen LogP contribution in [0, 0.1) is 17.8 Å². The predicted molar refractivity (Wildman–Crippen MR) is 88.0 cm³/mol. The van der Waals surface area contributed by atoms with E-state index in [2.05, 4.69) is 39.0 Å². The number of benzene rings is 1. The predicted octanol–water partition coefficient (Wildman–Crippen LogP) is 4.41. The first-order valence-electron chi connectivity index (χ1n) is 8.36. The van der Waals surface area contributed by atoms with Crippen LogP contribution < -0.4 is 4.74 Å². The Bertz CT molecular complexity index is 495. The molecular formula is C19H28O3. The smallest absolute Gasteiger partial charge is 0.308 e. The van der Waals surface area contributed by atoms with E-state index < -0.39 is 0 Å². The van der Waals surface area contributed by atoms with Gasteiger partial charge in [-0.2, -0.15) is 0 Å². The molecule has 122 valence electrons. The van der Waals surface area contributed by atoms with E-state index >= 15 is 0 Å². The lowest BCUT2D eigenvalue weighted by molar-refractivity contribution is -0.142. The number of para-hydroxylation sites is 1. The summed E-state index contributed by atoms with van der Waals surface area (Å²) in [5.74, 6) is 2.49. The second-order valence-corrected chi connectivity index (χ2v) is 6.71. The molecule has 3 unspecified atom stereocenters. The Kier molecular flexibility index (Phi) is 5.87. The van der Waals surface area contributed by atoms with Crippen LogP contribution in [0.1, 0.15) is 51.5 Å². The zero-order valence-corrected chi connectivity index (χ0v) is 14.2. The number of carbonyl (C=O) groups is 1. The number of esters is 1. The molecule has 0 spiro atoms. The molecule has 3 nitrogen and oxygen atoms in total. The molecule has 0 amide bonds. The van der Waals surface area contributed by atoms with Gasteiger partial charge in [0.15, 0.2) is 0 Å². The third-order valence-electron chi connectivity index (χ3n) is 4.44. The number of rotatable bonds is 8. The van der Waals surface area contributed by atoms with Gasteiger partial charge in [0.1, 0.15) is 5.75 Å². The van der Waals surface area contributed by atoms with Crippen molar-refractivity contribution in [3.05, 3.63) is 29.8 Å². The van der Waals surface area contributed by atoms with Gasteiger partial charge in [-0.05, 0) is 48.6 Å². The van der Waals surface area contributed by atoms with Gasteiger partial charge in [-0.1, -0.05) is 39.0 Å². The van der Waals surface area contributed by atoms with Crippen LogP contribution in [0.2, 0.25) is 0 Å². The van der Waals surface area contributed by atoms with Gasteiger partial charge >= 0.3 is 5.97 Å². The van der Waals surface area contributed by atoms with E-state index in [1.165, 1.54) is 12.7 Å². The molecule has 1 fully saturated rings. The van der Waals surface area contributed by atoms with E-state index in [0.29, 0.717) is 17.8 Å². The molecule has 1 aromatic carbocycles. The monoisotopic (exact) mass is 304 g/mol. The summed E-state index contributed by atoms with van der Waals surface area (Å²) in [5, 5.41) is 0. The summed E-state index contributed by atoms with van der Waals surface area (Å²) in [5.41, 5.74) is 1.28. The first kappa shape index (κ1) is 16.9. The fourth-order valence-corrected chi connectivity index (χ4v) is 3.03. The summed E-state index contributed by atoms with van der Waals surface area (Å²) < 4.78 is 10.8. The highest BCUT2D eigenvalue weighted by Gasteiger charge is 2.44. The lowest BCUT2D eigenvalue weighted by atomic mass is 9.90. The zero-order valence-electron chi connectivity index (χ0n) is 14.2. The lowest BCUT2D eigenvalue weighted by Gasteiger charge is -2.20. The van der Waals surface area contributed by atoms with Crippen molar-refractivity contribution in [2.75, 3.05) is 13.7 Å². The quantitative estimate of drug-likeness (QED) is 0.667. The minimum atomic E-state index is -0.0517. The summed E-state index contributed by atoms with van der Waals surface area (Å²) in [7, 11) is 1.48. The highest BCUT2D eigenvalue weighted by molar-refractivity contribution is 5.75. The molecule has 0 bridgehead atoms. The van der Waals surface area contributed by atoms with Crippen molar-refractivity contribution in [2.45, 2.75) is 46.0 Å². The van der Waals surface area contributed by atoms with Crippen LogP contribution in [-0.2, 0) is 9.53 Å². The molecule has 0 aromatic heterocycles. The maximum absolute atomic E-state index is 11.6. The number of ether oxygens (including phenoxy) is 2. The number of hydrogen-bond donors (Lipinski definition) is 0. The van der Waals surface area contributed by atoms with Crippen molar-refractivity contribution < 1.29 is 14.3 Å². The van der Waals surface area contributed by atoms with Crippen LogP contribution in [0.15, 0.2) is 24.3 Å². The minimum Gasteiger partial charge on any atom is -0.493 e. The Morgan fingerprint density at radius 3 is 2.68 bits per heavy atom. The van der Waals surface area contributed by atoms with E-state index in [9.17, 15) is 4.79 Å². The maximum Gasteiger partial charge on any atom is 0.308 e. The molecule has 3 atom stereocenters. The number of carbonyl (C=O) groups excluding carboxylic acids is 1. The van der Waals surface area contributed by atoms with Crippen molar-refractivity contribution in [2.24, 2.45) is 17.8 Å². The van der Waals surface area contributed by atoms with Crippen molar-refractivity contribution in [3.63, 3.8) is 0 Å².